The van der Waals surface area contributed by atoms with Crippen LogP contribution in [0.4, 0.5) is 39.1 Å². The van der Waals surface area contributed by atoms with Crippen LogP contribution in [-0.4, -0.2) is 67.5 Å². The van der Waals surface area contributed by atoms with Crippen LogP contribution in [0.5, 0.6) is 0 Å². The molecule has 1 aromatic carbocycles. The van der Waals surface area contributed by atoms with Gasteiger partial charge in [0.15, 0.2) is 17.3 Å². The van der Waals surface area contributed by atoms with E-state index in [1.807, 2.05) is 0 Å². The van der Waals surface area contributed by atoms with Crippen molar-refractivity contribution in [1.29, 1.82) is 0 Å². The average Bonchev–Trinajstić information content (AvgIpc) is 3.39. The first-order valence-electron chi connectivity index (χ1n) is 12.1. The number of carboxylic acids is 1. The molecule has 4 aromatic rings. The second-order valence-electron chi connectivity index (χ2n) is 9.59. The summed E-state index contributed by atoms with van der Waals surface area (Å²) in [4.78, 5) is 27.5. The van der Waals surface area contributed by atoms with E-state index in [1.165, 1.54) is 23.7 Å². The van der Waals surface area contributed by atoms with Crippen molar-refractivity contribution in [2.45, 2.75) is 46.0 Å². The van der Waals surface area contributed by atoms with Crippen LogP contribution in [0.15, 0.2) is 30.6 Å². The zero-order chi connectivity index (χ0) is 29.5. The number of fused-ring (bicyclic) bond motifs is 2. The highest BCUT2D eigenvalue weighted by atomic mass is 19.4. The maximum Gasteiger partial charge on any atom is 0.490 e. The van der Waals surface area contributed by atoms with Gasteiger partial charge in [-0.25, -0.2) is 18.6 Å². The van der Waals surface area contributed by atoms with Gasteiger partial charge >= 0.3 is 12.1 Å². The number of aromatic nitrogens is 4. The second-order valence-corrected chi connectivity index (χ2v) is 9.59. The van der Waals surface area contributed by atoms with Gasteiger partial charge in [-0.2, -0.15) is 17.9 Å². The summed E-state index contributed by atoms with van der Waals surface area (Å²) in [5.74, 6) is -3.99. The molecule has 0 radical (unpaired) electrons. The number of halogens is 5. The molecule has 0 bridgehead atoms. The third-order valence-electron chi connectivity index (χ3n) is 6.07. The van der Waals surface area contributed by atoms with Crippen LogP contribution in [0.2, 0.25) is 0 Å². The first-order valence-corrected chi connectivity index (χ1v) is 12.1. The van der Waals surface area contributed by atoms with Crippen molar-refractivity contribution in [2.24, 2.45) is 0 Å². The molecule has 40 heavy (non-hydrogen) atoms. The number of rotatable bonds is 3. The van der Waals surface area contributed by atoms with Crippen molar-refractivity contribution >= 4 is 45.6 Å². The number of nitrogens with one attached hydrogen (secondary N) is 2. The first kappa shape index (κ1) is 28.7. The third kappa shape index (κ3) is 5.98. The van der Waals surface area contributed by atoms with Crippen LogP contribution in [0, 0.1) is 18.6 Å². The van der Waals surface area contributed by atoms with Crippen molar-refractivity contribution in [2.75, 3.05) is 23.3 Å². The molecule has 0 spiro atoms. The molecule has 0 saturated carbocycles. The highest BCUT2D eigenvalue weighted by Crippen LogP contribution is 2.33. The molecule has 15 heteroatoms. The topological polar surface area (TPSA) is 117 Å². The molecular formula is C25H26F5N7O3. The fraction of sp³-hybridized carbons (Fsp3) is 0.360. The van der Waals surface area contributed by atoms with Gasteiger partial charge in [0, 0.05) is 56.2 Å². The molecule has 0 aliphatic carbocycles. The lowest BCUT2D eigenvalue weighted by molar-refractivity contribution is -0.192. The molecule has 5 rings (SSSR count). The zero-order valence-electron chi connectivity index (χ0n) is 21.8. The number of aryl methyl sites for hydroxylation is 1. The van der Waals surface area contributed by atoms with Gasteiger partial charge in [-0.1, -0.05) is 0 Å². The van der Waals surface area contributed by atoms with Gasteiger partial charge in [0.1, 0.15) is 5.82 Å². The molecule has 3 N–H and O–H groups in total. The van der Waals surface area contributed by atoms with Gasteiger partial charge in [-0.05, 0) is 32.9 Å². The molecule has 1 saturated heterocycles. The van der Waals surface area contributed by atoms with Crippen LogP contribution in [0.1, 0.15) is 31.3 Å². The van der Waals surface area contributed by atoms with Gasteiger partial charge in [0.25, 0.3) is 0 Å². The summed E-state index contributed by atoms with van der Waals surface area (Å²) >= 11 is 0. The fourth-order valence-electron chi connectivity index (χ4n) is 4.62. The SMILES string of the molecule is CC(=O)n1nc(Nc2cc(F)c3nc(C)cn3c2)c2c(F)cc(N3C[C@@H](C)N[C@@H](C)C3)cc21.O=C(O)C(F)(F)F. The molecule has 1 aliphatic heterocycles. The third-order valence-corrected chi connectivity index (χ3v) is 6.07. The van der Waals surface area contributed by atoms with Crippen LogP contribution in [0.3, 0.4) is 0 Å². The number of carboxylic acid groups (broad SMARTS) is 1. The lowest BCUT2D eigenvalue weighted by Crippen LogP contribution is -2.54. The van der Waals surface area contributed by atoms with Crippen molar-refractivity contribution < 1.29 is 36.6 Å². The minimum absolute atomic E-state index is 0.141. The number of aliphatic carboxylic acids is 1. The van der Waals surface area contributed by atoms with E-state index in [9.17, 15) is 22.4 Å². The van der Waals surface area contributed by atoms with Gasteiger partial charge in [-0.15, -0.1) is 5.10 Å². The number of nitrogens with zero attached hydrogens (tertiary/aromatic N) is 5. The lowest BCUT2D eigenvalue weighted by atomic mass is 10.1. The molecule has 1 fully saturated rings. The predicted octanol–water partition coefficient (Wildman–Crippen LogP) is 4.49. The van der Waals surface area contributed by atoms with Crippen molar-refractivity contribution in [3.05, 3.63) is 47.9 Å². The Labute approximate surface area is 224 Å². The Morgan fingerprint density at radius 3 is 2.27 bits per heavy atom. The van der Waals surface area contributed by atoms with E-state index >= 15 is 4.39 Å². The molecule has 3 aromatic heterocycles. The van der Waals surface area contributed by atoms with E-state index in [1.54, 1.807) is 29.8 Å². The normalized spacial score (nSPS) is 17.6. The molecule has 1 aliphatic rings. The first-order chi connectivity index (χ1) is 18.6. The number of alkyl halides is 3. The largest absolute Gasteiger partial charge is 0.490 e. The number of pyridine rings is 1. The van der Waals surface area contributed by atoms with E-state index in [0.717, 1.165) is 13.1 Å². The summed E-state index contributed by atoms with van der Waals surface area (Å²) in [7, 11) is 0. The number of benzene rings is 1. The van der Waals surface area contributed by atoms with Crippen LogP contribution in [0.25, 0.3) is 16.6 Å². The lowest BCUT2D eigenvalue weighted by Gasteiger charge is -2.37. The van der Waals surface area contributed by atoms with Crippen LogP contribution in [-0.2, 0) is 4.79 Å². The molecule has 10 nitrogen and oxygen atoms in total. The van der Waals surface area contributed by atoms with Crippen molar-refractivity contribution in [3.63, 3.8) is 0 Å². The Hall–Kier alpha value is -4.27. The van der Waals surface area contributed by atoms with Crippen molar-refractivity contribution in [3.8, 4) is 0 Å². The summed E-state index contributed by atoms with van der Waals surface area (Å²) in [5.41, 5.74) is 2.29. The molecule has 4 heterocycles. The average molecular weight is 568 g/mol. The summed E-state index contributed by atoms with van der Waals surface area (Å²) in [6, 6.07) is 5.02. The number of anilines is 3. The smallest absolute Gasteiger partial charge is 0.475 e. The van der Waals surface area contributed by atoms with Gasteiger partial charge in [0.05, 0.1) is 22.3 Å². The summed E-state index contributed by atoms with van der Waals surface area (Å²) < 4.78 is 64.4. The number of hydrogen-bond donors (Lipinski definition) is 3. The van der Waals surface area contributed by atoms with Gasteiger partial charge < -0.3 is 25.0 Å². The maximum absolute atomic E-state index is 15.4. The van der Waals surface area contributed by atoms with E-state index in [2.05, 4.69) is 39.5 Å². The number of carbonyl (C=O) groups is 2. The van der Waals surface area contributed by atoms with Gasteiger partial charge in [0.2, 0.25) is 5.91 Å². The molecule has 0 amide bonds. The molecule has 0 unspecified atom stereocenters. The summed E-state index contributed by atoms with van der Waals surface area (Å²) in [6.45, 7) is 8.74. The summed E-state index contributed by atoms with van der Waals surface area (Å²) in [6.07, 6.45) is -1.75. The van der Waals surface area contributed by atoms with E-state index < -0.39 is 23.8 Å². The highest BCUT2D eigenvalue weighted by Gasteiger charge is 2.38. The standard InChI is InChI=1S/C23H25F2N7O.C2HF3O2/c1-12-8-30(9-13(2)26-12)17-6-18(24)21-20(7-17)32(15(4)33)29-22(21)28-16-5-19(25)23-27-14(3)10-31(23)11-16;3-2(4,5)1(6)7/h5-7,10-13,26H,8-9H2,1-4H3,(H,28,29);(H,6,7)/t12-,13+;. The zero-order valence-corrected chi connectivity index (χ0v) is 21.8. The Bertz CT molecular complexity index is 1590. The van der Waals surface area contributed by atoms with E-state index in [4.69, 9.17) is 9.90 Å². The number of piperazine rings is 1. The van der Waals surface area contributed by atoms with Crippen molar-refractivity contribution in [1.82, 2.24) is 24.5 Å². The molecule has 2 atom stereocenters. The summed E-state index contributed by atoms with van der Waals surface area (Å²) in [5, 5.41) is 18.1. The minimum atomic E-state index is -5.08. The monoisotopic (exact) mass is 567 g/mol. The van der Waals surface area contributed by atoms with Crippen LogP contribution >= 0.6 is 0 Å². The van der Waals surface area contributed by atoms with Gasteiger partial charge in [-0.3, -0.25) is 4.79 Å². The molecular weight excluding hydrogens is 541 g/mol. The maximum atomic E-state index is 15.4. The number of hydrogen-bond acceptors (Lipinski definition) is 7. The predicted molar refractivity (Wildman–Crippen MR) is 137 cm³/mol. The Kier molecular flexibility index (Phi) is 7.70. The van der Waals surface area contributed by atoms with E-state index in [0.29, 0.717) is 22.6 Å². The highest BCUT2D eigenvalue weighted by molar-refractivity contribution is 5.99. The molecule has 214 valence electrons. The van der Waals surface area contributed by atoms with Crippen LogP contribution < -0.4 is 15.5 Å². The number of imidazole rings is 1. The van der Waals surface area contributed by atoms with E-state index in [-0.39, 0.29) is 34.8 Å². The fourth-order valence-corrected chi connectivity index (χ4v) is 4.62. The Morgan fingerprint density at radius 2 is 1.70 bits per heavy atom. The Morgan fingerprint density at radius 1 is 1.07 bits per heavy atom. The quantitative estimate of drug-likeness (QED) is 0.310. The second kappa shape index (κ2) is 10.7. The minimum Gasteiger partial charge on any atom is -0.475 e. The number of carbonyl (C=O) groups excluding carboxylic acids is 1. The Balaban J connectivity index is 0.000000470.